The number of methoxy groups -OCH3 is 1. The van der Waals surface area contributed by atoms with E-state index in [1.807, 2.05) is 0 Å². The number of benzene rings is 1. The maximum absolute atomic E-state index is 12.7. The number of rotatable bonds is 6. The summed E-state index contributed by atoms with van der Waals surface area (Å²) in [5.41, 5.74) is 0.573. The topological polar surface area (TPSA) is 59.1 Å². The third-order valence-electron chi connectivity index (χ3n) is 4.38. The summed E-state index contributed by atoms with van der Waals surface area (Å²) >= 11 is 0. The lowest BCUT2D eigenvalue weighted by molar-refractivity contribution is -0.130. The van der Waals surface area contributed by atoms with Gasteiger partial charge in [-0.3, -0.25) is 9.59 Å². The van der Waals surface area contributed by atoms with Crippen LogP contribution in [0.3, 0.4) is 0 Å². The second-order valence-electron chi connectivity index (χ2n) is 6.69. The molecular weight excluding hydrogens is 320 g/mol. The summed E-state index contributed by atoms with van der Waals surface area (Å²) in [5.74, 6) is 1.80. The van der Waals surface area contributed by atoms with Gasteiger partial charge in [0.05, 0.1) is 13.7 Å². The van der Waals surface area contributed by atoms with E-state index < -0.39 is 0 Å². The van der Waals surface area contributed by atoms with Gasteiger partial charge in [-0.05, 0) is 30.5 Å². The standard InChI is InChI=1S/C19H28N2O4/c1-14(2)7-12-25-17-6-5-16(13-18(17)24-4)19(23)21-10-8-20(9-11-21)15(3)22/h5-6,13-14H,7-12H2,1-4H3. The quantitative estimate of drug-likeness (QED) is 0.792. The molecule has 6 heteroatoms. The SMILES string of the molecule is COc1cc(C(=O)N2CCN(C(C)=O)CC2)ccc1OCCC(C)C. The Morgan fingerprint density at radius 2 is 1.72 bits per heavy atom. The summed E-state index contributed by atoms with van der Waals surface area (Å²) in [6.45, 7) is 8.72. The molecule has 6 nitrogen and oxygen atoms in total. The summed E-state index contributed by atoms with van der Waals surface area (Å²) in [6, 6.07) is 5.29. The third kappa shape index (κ3) is 5.11. The molecule has 1 aliphatic rings. The molecule has 0 spiro atoms. The summed E-state index contributed by atoms with van der Waals surface area (Å²) in [5, 5.41) is 0. The summed E-state index contributed by atoms with van der Waals surface area (Å²) in [7, 11) is 1.57. The molecule has 1 aromatic rings. The first kappa shape index (κ1) is 19.1. The second kappa shape index (κ2) is 8.74. The molecule has 25 heavy (non-hydrogen) atoms. The maximum atomic E-state index is 12.7. The Kier molecular flexibility index (Phi) is 6.67. The van der Waals surface area contributed by atoms with E-state index in [4.69, 9.17) is 9.47 Å². The first-order valence-electron chi connectivity index (χ1n) is 8.78. The molecule has 2 rings (SSSR count). The van der Waals surface area contributed by atoms with Gasteiger partial charge < -0.3 is 19.3 Å². The molecule has 1 fully saturated rings. The van der Waals surface area contributed by atoms with Crippen LogP contribution in [0, 0.1) is 5.92 Å². The van der Waals surface area contributed by atoms with Gasteiger partial charge in [0.25, 0.3) is 5.91 Å². The van der Waals surface area contributed by atoms with Gasteiger partial charge in [0.2, 0.25) is 5.91 Å². The van der Waals surface area contributed by atoms with Crippen molar-refractivity contribution < 1.29 is 19.1 Å². The molecule has 1 saturated heterocycles. The van der Waals surface area contributed by atoms with Crippen molar-refractivity contribution in [2.45, 2.75) is 27.2 Å². The molecule has 0 radical (unpaired) electrons. The van der Waals surface area contributed by atoms with Crippen LogP contribution in [0.1, 0.15) is 37.6 Å². The highest BCUT2D eigenvalue weighted by Crippen LogP contribution is 2.29. The number of hydrogen-bond acceptors (Lipinski definition) is 4. The molecule has 1 aromatic carbocycles. The van der Waals surface area contributed by atoms with Crippen molar-refractivity contribution in [3.63, 3.8) is 0 Å². The van der Waals surface area contributed by atoms with Crippen molar-refractivity contribution in [3.8, 4) is 11.5 Å². The predicted octanol–water partition coefficient (Wildman–Crippen LogP) is 2.42. The van der Waals surface area contributed by atoms with E-state index in [1.165, 1.54) is 0 Å². The number of hydrogen-bond donors (Lipinski definition) is 0. The van der Waals surface area contributed by atoms with Crippen LogP contribution in [0.2, 0.25) is 0 Å². The Labute approximate surface area is 149 Å². The highest BCUT2D eigenvalue weighted by atomic mass is 16.5. The number of nitrogens with zero attached hydrogens (tertiary/aromatic N) is 2. The average molecular weight is 348 g/mol. The molecule has 1 heterocycles. The molecule has 1 aliphatic heterocycles. The normalized spacial score (nSPS) is 14.6. The van der Waals surface area contributed by atoms with Gasteiger partial charge in [0, 0.05) is 38.7 Å². The first-order chi connectivity index (χ1) is 11.9. The smallest absolute Gasteiger partial charge is 0.254 e. The summed E-state index contributed by atoms with van der Waals surface area (Å²) in [6.07, 6.45) is 0.963. The Balaban J connectivity index is 2.02. The van der Waals surface area contributed by atoms with Crippen molar-refractivity contribution in [2.75, 3.05) is 39.9 Å². The fraction of sp³-hybridized carbons (Fsp3) is 0.579. The fourth-order valence-corrected chi connectivity index (χ4v) is 2.73. The minimum Gasteiger partial charge on any atom is -0.493 e. The van der Waals surface area contributed by atoms with Gasteiger partial charge in [0.1, 0.15) is 0 Å². The molecule has 0 aromatic heterocycles. The molecule has 0 atom stereocenters. The van der Waals surface area contributed by atoms with Crippen LogP contribution in [0.15, 0.2) is 18.2 Å². The Bertz CT molecular complexity index is 607. The molecule has 0 N–H and O–H groups in total. The lowest BCUT2D eigenvalue weighted by Crippen LogP contribution is -2.50. The molecule has 0 unspecified atom stereocenters. The van der Waals surface area contributed by atoms with Gasteiger partial charge in [-0.2, -0.15) is 0 Å². The number of amides is 2. The van der Waals surface area contributed by atoms with Gasteiger partial charge >= 0.3 is 0 Å². The van der Waals surface area contributed by atoms with E-state index in [-0.39, 0.29) is 11.8 Å². The second-order valence-corrected chi connectivity index (χ2v) is 6.69. The van der Waals surface area contributed by atoms with Crippen LogP contribution in [0.4, 0.5) is 0 Å². The zero-order valence-electron chi connectivity index (χ0n) is 15.6. The number of piperazine rings is 1. The lowest BCUT2D eigenvalue weighted by Gasteiger charge is -2.34. The van der Waals surface area contributed by atoms with E-state index in [9.17, 15) is 9.59 Å². The minimum atomic E-state index is -0.0461. The zero-order valence-corrected chi connectivity index (χ0v) is 15.6. The van der Waals surface area contributed by atoms with Gasteiger partial charge in [-0.1, -0.05) is 13.8 Å². The largest absolute Gasteiger partial charge is 0.493 e. The Morgan fingerprint density at radius 1 is 1.08 bits per heavy atom. The molecule has 0 aliphatic carbocycles. The number of ether oxygens (including phenoxy) is 2. The van der Waals surface area contributed by atoms with Crippen molar-refractivity contribution in [1.29, 1.82) is 0 Å². The van der Waals surface area contributed by atoms with Gasteiger partial charge in [-0.25, -0.2) is 0 Å². The highest BCUT2D eigenvalue weighted by Gasteiger charge is 2.24. The molecule has 138 valence electrons. The van der Waals surface area contributed by atoms with E-state index in [0.717, 1.165) is 6.42 Å². The molecule has 2 amide bonds. The van der Waals surface area contributed by atoms with E-state index in [0.29, 0.717) is 55.8 Å². The fourth-order valence-electron chi connectivity index (χ4n) is 2.73. The maximum Gasteiger partial charge on any atom is 0.254 e. The van der Waals surface area contributed by atoms with Gasteiger partial charge in [-0.15, -0.1) is 0 Å². The number of carbonyl (C=O) groups is 2. The van der Waals surface area contributed by atoms with Crippen LogP contribution in [0.5, 0.6) is 11.5 Å². The summed E-state index contributed by atoms with van der Waals surface area (Å²) < 4.78 is 11.1. The van der Waals surface area contributed by atoms with E-state index in [1.54, 1.807) is 42.0 Å². The van der Waals surface area contributed by atoms with Crippen LogP contribution in [-0.4, -0.2) is 61.5 Å². The van der Waals surface area contributed by atoms with Crippen LogP contribution in [0.25, 0.3) is 0 Å². The minimum absolute atomic E-state index is 0.0461. The lowest BCUT2D eigenvalue weighted by atomic mass is 10.1. The first-order valence-corrected chi connectivity index (χ1v) is 8.78. The molecular formula is C19H28N2O4. The van der Waals surface area contributed by atoms with Crippen molar-refractivity contribution >= 4 is 11.8 Å². The monoisotopic (exact) mass is 348 g/mol. The molecule has 0 bridgehead atoms. The Morgan fingerprint density at radius 3 is 2.28 bits per heavy atom. The van der Waals surface area contributed by atoms with E-state index >= 15 is 0 Å². The Hall–Kier alpha value is -2.24. The third-order valence-corrected chi connectivity index (χ3v) is 4.38. The highest BCUT2D eigenvalue weighted by molar-refractivity contribution is 5.95. The summed E-state index contributed by atoms with van der Waals surface area (Å²) in [4.78, 5) is 27.6. The van der Waals surface area contributed by atoms with E-state index in [2.05, 4.69) is 13.8 Å². The number of carbonyl (C=O) groups excluding carboxylic acids is 2. The van der Waals surface area contributed by atoms with Crippen LogP contribution < -0.4 is 9.47 Å². The zero-order chi connectivity index (χ0) is 18.4. The predicted molar refractivity (Wildman–Crippen MR) is 96.1 cm³/mol. The van der Waals surface area contributed by atoms with Crippen molar-refractivity contribution in [2.24, 2.45) is 5.92 Å². The van der Waals surface area contributed by atoms with Gasteiger partial charge in [0.15, 0.2) is 11.5 Å². The van der Waals surface area contributed by atoms with Crippen molar-refractivity contribution in [1.82, 2.24) is 9.80 Å². The van der Waals surface area contributed by atoms with Crippen molar-refractivity contribution in [3.05, 3.63) is 23.8 Å². The molecule has 0 saturated carbocycles. The van der Waals surface area contributed by atoms with Crippen LogP contribution in [-0.2, 0) is 4.79 Å². The van der Waals surface area contributed by atoms with Crippen LogP contribution >= 0.6 is 0 Å². The average Bonchev–Trinajstić information content (AvgIpc) is 2.61.